The van der Waals surface area contributed by atoms with Crippen molar-refractivity contribution in [2.24, 2.45) is 0 Å². The van der Waals surface area contributed by atoms with Gasteiger partial charge in [0.05, 0.1) is 6.26 Å². The summed E-state index contributed by atoms with van der Waals surface area (Å²) in [6.45, 7) is 0.973. The number of ether oxygens (including phenoxy) is 1. The Kier molecular flexibility index (Phi) is 4.47. The van der Waals surface area contributed by atoms with E-state index in [1.54, 1.807) is 6.92 Å². The lowest BCUT2D eigenvalue weighted by atomic mass is 9.82. The number of furan rings is 1. The average Bonchev–Trinajstić information content (AvgIpc) is 3.11. The summed E-state index contributed by atoms with van der Waals surface area (Å²) in [5, 5.41) is 3.34. The normalized spacial score (nSPS) is 19.0. The van der Waals surface area contributed by atoms with Gasteiger partial charge in [0.25, 0.3) is 11.8 Å². The van der Waals surface area contributed by atoms with Crippen molar-refractivity contribution in [1.29, 1.82) is 0 Å². The van der Waals surface area contributed by atoms with E-state index in [1.165, 1.54) is 12.3 Å². The molecule has 2 N–H and O–H groups in total. The molecule has 1 aromatic rings. The van der Waals surface area contributed by atoms with Crippen LogP contribution in [0.3, 0.4) is 0 Å². The monoisotopic (exact) mass is 349 g/mol. The first-order valence-electron chi connectivity index (χ1n) is 8.10. The molecule has 3 rings (SSSR count). The number of amides is 4. The van der Waals surface area contributed by atoms with Gasteiger partial charge >= 0.3 is 12.0 Å². The van der Waals surface area contributed by atoms with Crippen LogP contribution < -0.4 is 10.7 Å². The molecule has 2 heterocycles. The van der Waals surface area contributed by atoms with Gasteiger partial charge in [-0.25, -0.2) is 9.59 Å². The summed E-state index contributed by atoms with van der Waals surface area (Å²) in [6, 6.07) is 0.761. The zero-order valence-corrected chi connectivity index (χ0v) is 13.8. The molecule has 1 aromatic heterocycles. The van der Waals surface area contributed by atoms with Gasteiger partial charge in [-0.15, -0.1) is 0 Å². The van der Waals surface area contributed by atoms with Gasteiger partial charge in [0.1, 0.15) is 16.9 Å². The number of carbonyl (C=O) groups excluding carboxylic acids is 4. The van der Waals surface area contributed by atoms with Crippen LogP contribution in [0, 0.1) is 6.92 Å². The van der Waals surface area contributed by atoms with Crippen molar-refractivity contribution in [1.82, 2.24) is 15.8 Å². The van der Waals surface area contributed by atoms with Gasteiger partial charge in [0.15, 0.2) is 6.61 Å². The molecule has 9 nitrogen and oxygen atoms in total. The van der Waals surface area contributed by atoms with E-state index in [1.807, 2.05) is 0 Å². The summed E-state index contributed by atoms with van der Waals surface area (Å²) < 4.78 is 9.85. The molecule has 1 spiro atoms. The second kappa shape index (κ2) is 6.58. The second-order valence-electron chi connectivity index (χ2n) is 6.22. The number of hydrazine groups is 1. The van der Waals surface area contributed by atoms with Crippen molar-refractivity contribution in [3.63, 3.8) is 0 Å². The zero-order chi connectivity index (χ0) is 18.0. The van der Waals surface area contributed by atoms with Crippen LogP contribution in [0.2, 0.25) is 0 Å². The molecule has 2 aliphatic rings. The molecule has 1 aliphatic heterocycles. The molecule has 0 aromatic carbocycles. The van der Waals surface area contributed by atoms with E-state index >= 15 is 0 Å². The summed E-state index contributed by atoms with van der Waals surface area (Å²) >= 11 is 0. The Hall–Kier alpha value is -2.84. The number of aryl methyl sites for hydroxylation is 1. The van der Waals surface area contributed by atoms with Crippen molar-refractivity contribution < 1.29 is 28.3 Å². The highest BCUT2D eigenvalue weighted by Crippen LogP contribution is 2.32. The van der Waals surface area contributed by atoms with Crippen molar-refractivity contribution in [2.75, 3.05) is 6.61 Å². The number of rotatable bonds is 4. The number of hydrogen-bond donors (Lipinski definition) is 2. The third-order valence-electron chi connectivity index (χ3n) is 4.52. The average molecular weight is 349 g/mol. The third kappa shape index (κ3) is 3.21. The molecule has 4 amide bonds. The number of carbonyl (C=O) groups is 4. The van der Waals surface area contributed by atoms with Crippen molar-refractivity contribution in [2.45, 2.75) is 44.6 Å². The number of urea groups is 1. The lowest BCUT2D eigenvalue weighted by Gasteiger charge is -2.30. The van der Waals surface area contributed by atoms with Crippen LogP contribution in [0.15, 0.2) is 16.7 Å². The van der Waals surface area contributed by atoms with Gasteiger partial charge in [-0.2, -0.15) is 5.01 Å². The SMILES string of the molecule is Cc1occc1C(=O)OCC(=O)NN1C(=O)NC2(CCCCC2)C1=O. The molecule has 1 aliphatic carbocycles. The number of nitrogens with zero attached hydrogens (tertiary/aromatic N) is 1. The van der Waals surface area contributed by atoms with E-state index in [0.717, 1.165) is 19.3 Å². The quantitative estimate of drug-likeness (QED) is 0.619. The Morgan fingerprint density at radius 2 is 2.04 bits per heavy atom. The van der Waals surface area contributed by atoms with Crippen LogP contribution >= 0.6 is 0 Å². The minimum Gasteiger partial charge on any atom is -0.469 e. The van der Waals surface area contributed by atoms with Crippen molar-refractivity contribution >= 4 is 23.8 Å². The van der Waals surface area contributed by atoms with Crippen LogP contribution in [0.4, 0.5) is 4.79 Å². The van der Waals surface area contributed by atoms with E-state index in [2.05, 4.69) is 10.7 Å². The van der Waals surface area contributed by atoms with Gasteiger partial charge in [0, 0.05) is 0 Å². The number of imide groups is 1. The van der Waals surface area contributed by atoms with E-state index in [-0.39, 0.29) is 5.56 Å². The molecule has 0 bridgehead atoms. The number of hydrogen-bond acceptors (Lipinski definition) is 6. The maximum absolute atomic E-state index is 12.5. The molecule has 1 saturated carbocycles. The van der Waals surface area contributed by atoms with Crippen LogP contribution in [-0.2, 0) is 14.3 Å². The topological polar surface area (TPSA) is 118 Å². The van der Waals surface area contributed by atoms with Crippen molar-refractivity contribution in [3.05, 3.63) is 23.7 Å². The molecule has 2 fully saturated rings. The fourth-order valence-corrected chi connectivity index (χ4v) is 3.18. The van der Waals surface area contributed by atoms with Gasteiger partial charge in [-0.3, -0.25) is 15.0 Å². The highest BCUT2D eigenvalue weighted by molar-refractivity contribution is 6.08. The van der Waals surface area contributed by atoms with E-state index in [4.69, 9.17) is 9.15 Å². The lowest BCUT2D eigenvalue weighted by Crippen LogP contribution is -2.51. The Labute approximate surface area is 143 Å². The smallest absolute Gasteiger partial charge is 0.344 e. The highest BCUT2D eigenvalue weighted by Gasteiger charge is 2.52. The maximum atomic E-state index is 12.5. The number of esters is 1. The van der Waals surface area contributed by atoms with Crippen LogP contribution in [0.1, 0.15) is 48.2 Å². The molecule has 1 saturated heterocycles. The van der Waals surface area contributed by atoms with E-state index < -0.39 is 36.0 Å². The summed E-state index contributed by atoms with van der Waals surface area (Å²) in [7, 11) is 0. The largest absolute Gasteiger partial charge is 0.469 e. The molecule has 9 heteroatoms. The minimum absolute atomic E-state index is 0.212. The molecule has 134 valence electrons. The van der Waals surface area contributed by atoms with Gasteiger partial charge in [0.2, 0.25) is 0 Å². The summed E-state index contributed by atoms with van der Waals surface area (Å²) in [5.41, 5.74) is 1.49. The summed E-state index contributed by atoms with van der Waals surface area (Å²) in [4.78, 5) is 48.3. The zero-order valence-electron chi connectivity index (χ0n) is 13.8. The summed E-state index contributed by atoms with van der Waals surface area (Å²) in [6.07, 6.45) is 5.14. The first-order valence-corrected chi connectivity index (χ1v) is 8.10. The van der Waals surface area contributed by atoms with Gasteiger partial charge < -0.3 is 14.5 Å². The Morgan fingerprint density at radius 1 is 1.32 bits per heavy atom. The van der Waals surface area contributed by atoms with Gasteiger partial charge in [-0.1, -0.05) is 19.3 Å². The fourth-order valence-electron chi connectivity index (χ4n) is 3.18. The fraction of sp³-hybridized carbons (Fsp3) is 0.500. The maximum Gasteiger partial charge on any atom is 0.344 e. The van der Waals surface area contributed by atoms with Crippen LogP contribution in [0.25, 0.3) is 0 Å². The van der Waals surface area contributed by atoms with E-state index in [0.29, 0.717) is 23.6 Å². The molecular formula is C16H19N3O6. The highest BCUT2D eigenvalue weighted by atomic mass is 16.5. The Balaban J connectivity index is 1.56. The Bertz CT molecular complexity index is 719. The molecule has 25 heavy (non-hydrogen) atoms. The summed E-state index contributed by atoms with van der Waals surface area (Å²) in [5.74, 6) is -1.59. The molecule has 0 atom stereocenters. The Morgan fingerprint density at radius 3 is 2.68 bits per heavy atom. The minimum atomic E-state index is -0.923. The standard InChI is InChI=1S/C16H19N3O6/c1-10-11(5-8-24-10)13(21)25-9-12(20)18-19-14(22)16(17-15(19)23)6-3-2-4-7-16/h5,8H,2-4,6-7,9H2,1H3,(H,17,23)(H,18,20). The molecule has 0 radical (unpaired) electrons. The predicted molar refractivity (Wildman–Crippen MR) is 83.1 cm³/mol. The van der Waals surface area contributed by atoms with Crippen LogP contribution in [-0.4, -0.2) is 41.0 Å². The van der Waals surface area contributed by atoms with Gasteiger partial charge in [-0.05, 0) is 25.8 Å². The second-order valence-corrected chi connectivity index (χ2v) is 6.22. The third-order valence-corrected chi connectivity index (χ3v) is 4.52. The van der Waals surface area contributed by atoms with E-state index in [9.17, 15) is 19.2 Å². The first kappa shape index (κ1) is 17.0. The van der Waals surface area contributed by atoms with Crippen LogP contribution in [0.5, 0.6) is 0 Å². The van der Waals surface area contributed by atoms with Crippen molar-refractivity contribution in [3.8, 4) is 0 Å². The predicted octanol–water partition coefficient (Wildman–Crippen LogP) is 1.03. The lowest BCUT2D eigenvalue weighted by molar-refractivity contribution is -0.140. The number of nitrogens with one attached hydrogen (secondary N) is 2. The molecular weight excluding hydrogens is 330 g/mol. The molecule has 0 unspecified atom stereocenters. The first-order chi connectivity index (χ1) is 11.9.